The third kappa shape index (κ3) is 2.03. The zero-order valence-electron chi connectivity index (χ0n) is 7.52. The van der Waals surface area contributed by atoms with Gasteiger partial charge in [-0.25, -0.2) is 0 Å². The maximum Gasteiger partial charge on any atom is 0.129 e. The Hall–Kier alpha value is 0.110. The molecule has 84 valence electrons. The van der Waals surface area contributed by atoms with Crippen LogP contribution in [0.3, 0.4) is 0 Å². The third-order valence-electron chi connectivity index (χ3n) is 2.28. The van der Waals surface area contributed by atoms with Crippen molar-refractivity contribution in [1.29, 1.82) is 0 Å². The van der Waals surface area contributed by atoms with Crippen molar-refractivity contribution in [3.8, 4) is 0 Å². The number of rotatable bonds is 2. The van der Waals surface area contributed by atoms with E-state index in [0.717, 1.165) is 12.0 Å². The van der Waals surface area contributed by atoms with Gasteiger partial charge in [0.05, 0.1) is 0 Å². The maximum absolute atomic E-state index is 9.41. The van der Waals surface area contributed by atoms with Crippen molar-refractivity contribution in [2.24, 2.45) is 0 Å². The number of hydrogen-bond donors (Lipinski definition) is 5. The van der Waals surface area contributed by atoms with E-state index in [4.69, 9.17) is 4.18 Å². The molecule has 0 aromatic carbocycles. The lowest BCUT2D eigenvalue weighted by Gasteiger charge is -2.40. The molecule has 1 rings (SSSR count). The van der Waals surface area contributed by atoms with Crippen molar-refractivity contribution < 1.29 is 29.7 Å². The molecule has 0 aromatic rings. The summed E-state index contributed by atoms with van der Waals surface area (Å²) in [6.45, 7) is 0. The molecule has 0 radical (unpaired) electrons. The molecule has 1 aliphatic carbocycles. The summed E-state index contributed by atoms with van der Waals surface area (Å²) in [5.74, 6) is 0. The van der Waals surface area contributed by atoms with E-state index in [2.05, 4.69) is 0 Å². The Bertz CT molecular complexity index is 175. The highest BCUT2D eigenvalue weighted by atomic mass is 32.2. The van der Waals surface area contributed by atoms with Gasteiger partial charge in [0.15, 0.2) is 0 Å². The molecule has 5 N–H and O–H groups in total. The lowest BCUT2D eigenvalue weighted by atomic mass is 9.85. The van der Waals surface area contributed by atoms with Gasteiger partial charge in [0.1, 0.15) is 36.6 Å². The van der Waals surface area contributed by atoms with Crippen molar-refractivity contribution in [3.05, 3.63) is 0 Å². The Balaban J connectivity index is 2.75. The van der Waals surface area contributed by atoms with Crippen molar-refractivity contribution >= 4 is 12.0 Å². The maximum atomic E-state index is 9.41. The standard InChI is InChI=1S/C7H14O6S/c1-14-13-7-5(11)3(9)2(8)4(10)6(7)12/h2-12H,1H3. The first kappa shape index (κ1) is 12.2. The van der Waals surface area contributed by atoms with Crippen LogP contribution in [0.1, 0.15) is 0 Å². The third-order valence-corrected chi connectivity index (χ3v) is 2.69. The molecule has 4 atom stereocenters. The second-order valence-corrected chi connectivity index (χ2v) is 3.71. The van der Waals surface area contributed by atoms with Crippen molar-refractivity contribution in [2.75, 3.05) is 6.26 Å². The summed E-state index contributed by atoms with van der Waals surface area (Å²) in [7, 11) is 0. The minimum atomic E-state index is -1.57. The molecule has 1 aliphatic rings. The topological polar surface area (TPSA) is 110 Å². The van der Waals surface area contributed by atoms with Crippen molar-refractivity contribution in [2.45, 2.75) is 36.6 Å². The van der Waals surface area contributed by atoms with Gasteiger partial charge < -0.3 is 29.7 Å². The minimum Gasteiger partial charge on any atom is -0.387 e. The zero-order chi connectivity index (χ0) is 10.9. The molecule has 1 saturated carbocycles. The summed E-state index contributed by atoms with van der Waals surface area (Å²) in [5, 5.41) is 46.5. The zero-order valence-corrected chi connectivity index (χ0v) is 8.33. The summed E-state index contributed by atoms with van der Waals surface area (Å²) < 4.78 is 4.88. The van der Waals surface area contributed by atoms with E-state index in [1.165, 1.54) is 0 Å². The molecule has 0 aliphatic heterocycles. The van der Waals surface area contributed by atoms with Gasteiger partial charge in [0, 0.05) is 6.26 Å². The Morgan fingerprint density at radius 1 is 0.786 bits per heavy atom. The monoisotopic (exact) mass is 226 g/mol. The number of hydrogen-bond acceptors (Lipinski definition) is 7. The van der Waals surface area contributed by atoms with Gasteiger partial charge in [0.2, 0.25) is 0 Å². The fraction of sp³-hybridized carbons (Fsp3) is 1.00. The average molecular weight is 226 g/mol. The molecule has 4 unspecified atom stereocenters. The average Bonchev–Trinajstić information content (AvgIpc) is 2.19. The van der Waals surface area contributed by atoms with E-state index < -0.39 is 36.6 Å². The fourth-order valence-corrected chi connectivity index (χ4v) is 1.87. The van der Waals surface area contributed by atoms with Gasteiger partial charge >= 0.3 is 0 Å². The molecule has 0 aromatic heterocycles. The number of aliphatic hydroxyl groups excluding tert-OH is 5. The first-order chi connectivity index (χ1) is 6.50. The van der Waals surface area contributed by atoms with Gasteiger partial charge in [-0.3, -0.25) is 0 Å². The van der Waals surface area contributed by atoms with E-state index >= 15 is 0 Å². The van der Waals surface area contributed by atoms with Crippen LogP contribution in [0.2, 0.25) is 0 Å². The predicted octanol–water partition coefficient (Wildman–Crippen LogP) is -2.53. The van der Waals surface area contributed by atoms with E-state index in [-0.39, 0.29) is 0 Å². The fourth-order valence-electron chi connectivity index (χ4n) is 1.42. The largest absolute Gasteiger partial charge is 0.387 e. The highest BCUT2D eigenvalue weighted by Gasteiger charge is 2.49. The molecule has 0 saturated heterocycles. The molecule has 14 heavy (non-hydrogen) atoms. The molecule has 0 amide bonds. The normalized spacial score (nSPS) is 49.3. The Morgan fingerprint density at radius 3 is 1.50 bits per heavy atom. The molecule has 0 heterocycles. The minimum absolute atomic E-state index is 0.897. The molecule has 6 nitrogen and oxygen atoms in total. The van der Waals surface area contributed by atoms with Crippen LogP contribution in [0.4, 0.5) is 0 Å². The predicted molar refractivity (Wildman–Crippen MR) is 48.4 cm³/mol. The molecular formula is C7H14O6S. The first-order valence-corrected chi connectivity index (χ1v) is 5.25. The second kappa shape index (κ2) is 4.75. The summed E-state index contributed by atoms with van der Waals surface area (Å²) in [4.78, 5) is 0. The van der Waals surface area contributed by atoms with Crippen LogP contribution < -0.4 is 0 Å². The molecule has 0 spiro atoms. The van der Waals surface area contributed by atoms with E-state index in [0.29, 0.717) is 0 Å². The van der Waals surface area contributed by atoms with E-state index in [1.54, 1.807) is 6.26 Å². The lowest BCUT2D eigenvalue weighted by Crippen LogP contribution is -2.63. The molecule has 7 heteroatoms. The lowest BCUT2D eigenvalue weighted by molar-refractivity contribution is -0.214. The summed E-state index contributed by atoms with van der Waals surface area (Å²) in [5.41, 5.74) is 0. The van der Waals surface area contributed by atoms with Crippen molar-refractivity contribution in [3.63, 3.8) is 0 Å². The highest BCUT2D eigenvalue weighted by Crippen LogP contribution is 2.25. The SMILES string of the molecule is CSOC1C(O)C(O)C(O)C(O)C1O. The van der Waals surface area contributed by atoms with Crippen LogP contribution >= 0.6 is 12.0 Å². The van der Waals surface area contributed by atoms with E-state index in [1.807, 2.05) is 0 Å². The Labute approximate surface area is 85.3 Å². The quantitative estimate of drug-likeness (QED) is 0.330. The van der Waals surface area contributed by atoms with Gasteiger partial charge in [0.25, 0.3) is 0 Å². The van der Waals surface area contributed by atoms with Crippen LogP contribution in [0.25, 0.3) is 0 Å². The Morgan fingerprint density at radius 2 is 1.14 bits per heavy atom. The van der Waals surface area contributed by atoms with Gasteiger partial charge in [-0.2, -0.15) is 0 Å². The van der Waals surface area contributed by atoms with Crippen LogP contribution in [-0.4, -0.2) is 68.4 Å². The van der Waals surface area contributed by atoms with Crippen LogP contribution in [0.5, 0.6) is 0 Å². The molecular weight excluding hydrogens is 212 g/mol. The summed E-state index contributed by atoms with van der Waals surface area (Å²) >= 11 is 0.897. The Kier molecular flexibility index (Phi) is 4.14. The summed E-state index contributed by atoms with van der Waals surface area (Å²) in [6, 6.07) is 0. The van der Waals surface area contributed by atoms with Crippen molar-refractivity contribution in [1.82, 2.24) is 0 Å². The molecule has 1 fully saturated rings. The van der Waals surface area contributed by atoms with Crippen LogP contribution in [0.15, 0.2) is 0 Å². The first-order valence-electron chi connectivity index (χ1n) is 4.10. The van der Waals surface area contributed by atoms with Crippen LogP contribution in [-0.2, 0) is 4.18 Å². The van der Waals surface area contributed by atoms with Gasteiger partial charge in [-0.05, 0) is 12.0 Å². The van der Waals surface area contributed by atoms with E-state index in [9.17, 15) is 25.5 Å². The van der Waals surface area contributed by atoms with Crippen LogP contribution in [0, 0.1) is 0 Å². The summed E-state index contributed by atoms with van der Waals surface area (Å²) in [6.07, 6.45) is -6.99. The van der Waals surface area contributed by atoms with Gasteiger partial charge in [-0.15, -0.1) is 0 Å². The highest BCUT2D eigenvalue weighted by molar-refractivity contribution is 7.93. The van der Waals surface area contributed by atoms with Gasteiger partial charge in [-0.1, -0.05) is 0 Å². The second-order valence-electron chi connectivity index (χ2n) is 3.18. The number of aliphatic hydroxyl groups is 5. The smallest absolute Gasteiger partial charge is 0.129 e. The molecule has 0 bridgehead atoms.